The first-order chi connectivity index (χ1) is 14.6. The molecular weight excluding hydrogens is 421 g/mol. The third-order valence-corrected chi connectivity index (χ3v) is 6.94. The number of hydrogen-bond donors (Lipinski definition) is 1. The molecule has 164 valence electrons. The fraction of sp³-hybridized carbons (Fsp3) is 0.476. The van der Waals surface area contributed by atoms with E-state index in [0.717, 1.165) is 18.7 Å². The van der Waals surface area contributed by atoms with Gasteiger partial charge in [0.25, 0.3) is 5.92 Å². The number of nitrogens with one attached hydrogen (secondary N) is 1. The van der Waals surface area contributed by atoms with Crippen LogP contribution in [-0.4, -0.2) is 28.5 Å². The number of aromatic nitrogens is 2. The van der Waals surface area contributed by atoms with E-state index in [0.29, 0.717) is 12.8 Å². The Morgan fingerprint density at radius 3 is 2.68 bits per heavy atom. The number of ether oxygens (including phenoxy) is 1. The average Bonchev–Trinajstić information content (AvgIpc) is 3.35. The van der Waals surface area contributed by atoms with Crippen LogP contribution in [0.2, 0.25) is 0 Å². The second-order valence-electron chi connectivity index (χ2n) is 8.43. The molecule has 0 amide bonds. The molecule has 1 N–H and O–H groups in total. The Hall–Kier alpha value is -2.78. The minimum atomic E-state index is -4.62. The first kappa shape index (κ1) is 20.1. The molecule has 1 heterocycles. The lowest BCUT2D eigenvalue weighted by Crippen LogP contribution is -2.42. The monoisotopic (exact) mass is 439 g/mol. The molecule has 4 aliphatic carbocycles. The van der Waals surface area contributed by atoms with Gasteiger partial charge >= 0.3 is 12.1 Å². The van der Waals surface area contributed by atoms with E-state index in [4.69, 9.17) is 4.74 Å². The van der Waals surface area contributed by atoms with Gasteiger partial charge in [0, 0.05) is 17.8 Å². The third-order valence-electron chi connectivity index (χ3n) is 6.94. The van der Waals surface area contributed by atoms with Gasteiger partial charge in [-0.2, -0.15) is 13.2 Å². The van der Waals surface area contributed by atoms with Crippen molar-refractivity contribution < 1.29 is 31.5 Å². The second kappa shape index (κ2) is 6.61. The van der Waals surface area contributed by atoms with Crippen LogP contribution in [0.25, 0.3) is 0 Å². The number of carbonyl (C=O) groups excluding carboxylic acids is 1. The van der Waals surface area contributed by atoms with Crippen LogP contribution in [0.4, 0.5) is 33.6 Å². The lowest BCUT2D eigenvalue weighted by atomic mass is 9.78. The number of benzene rings is 1. The fourth-order valence-electron chi connectivity index (χ4n) is 5.46. The zero-order chi connectivity index (χ0) is 22.0. The van der Waals surface area contributed by atoms with Crippen LogP contribution in [0.15, 0.2) is 36.5 Å². The number of nitrogens with zero attached hydrogens (tertiary/aromatic N) is 2. The molecule has 6 rings (SSSR count). The summed E-state index contributed by atoms with van der Waals surface area (Å²) in [5, 5.41) is 2.61. The highest BCUT2D eigenvalue weighted by Gasteiger charge is 2.85. The zero-order valence-electron chi connectivity index (χ0n) is 16.1. The largest absolute Gasteiger partial charge is 0.461 e. The zero-order valence-corrected chi connectivity index (χ0v) is 16.1. The van der Waals surface area contributed by atoms with E-state index in [1.807, 2.05) is 0 Å². The van der Waals surface area contributed by atoms with Crippen LogP contribution in [0.5, 0.6) is 0 Å². The van der Waals surface area contributed by atoms with Crippen molar-refractivity contribution in [2.24, 2.45) is 23.2 Å². The van der Waals surface area contributed by atoms with Crippen LogP contribution < -0.4 is 5.32 Å². The van der Waals surface area contributed by atoms with E-state index in [1.54, 1.807) is 0 Å². The number of carbonyl (C=O) groups is 1. The summed E-state index contributed by atoms with van der Waals surface area (Å²) < 4.78 is 73.1. The van der Waals surface area contributed by atoms with Gasteiger partial charge in [-0.25, -0.2) is 23.5 Å². The highest BCUT2D eigenvalue weighted by molar-refractivity contribution is 5.90. The van der Waals surface area contributed by atoms with E-state index in [-0.39, 0.29) is 35.6 Å². The summed E-state index contributed by atoms with van der Waals surface area (Å²) in [6.45, 7) is -0.320. The van der Waals surface area contributed by atoms with E-state index >= 15 is 0 Å². The highest BCUT2D eigenvalue weighted by atomic mass is 19.4. The number of anilines is 2. The van der Waals surface area contributed by atoms with Crippen molar-refractivity contribution in [2.45, 2.75) is 31.4 Å². The molecule has 0 spiro atoms. The summed E-state index contributed by atoms with van der Waals surface area (Å²) in [4.78, 5) is 19.6. The van der Waals surface area contributed by atoms with Gasteiger partial charge in [0.2, 0.25) is 5.95 Å². The normalized spacial score (nSPS) is 30.0. The van der Waals surface area contributed by atoms with Crippen molar-refractivity contribution in [1.82, 2.24) is 9.97 Å². The Bertz CT molecular complexity index is 1040. The van der Waals surface area contributed by atoms with Crippen molar-refractivity contribution in [3.8, 4) is 0 Å². The molecule has 4 bridgehead atoms. The van der Waals surface area contributed by atoms with Gasteiger partial charge in [-0.15, -0.1) is 0 Å². The molecule has 4 fully saturated rings. The molecule has 0 aliphatic heterocycles. The molecule has 4 aliphatic rings. The first-order valence-corrected chi connectivity index (χ1v) is 9.95. The maximum atomic E-state index is 14.7. The molecule has 5 nitrogen and oxygen atoms in total. The van der Waals surface area contributed by atoms with Crippen molar-refractivity contribution in [1.29, 1.82) is 0 Å². The number of alkyl halides is 5. The van der Waals surface area contributed by atoms with E-state index < -0.39 is 35.1 Å². The summed E-state index contributed by atoms with van der Waals surface area (Å²) in [5.74, 6) is -4.66. The molecular formula is C21H18F5N3O2. The first-order valence-electron chi connectivity index (χ1n) is 9.95. The molecule has 31 heavy (non-hydrogen) atoms. The number of halogens is 5. The average molecular weight is 439 g/mol. The molecule has 2 aromatic rings. The van der Waals surface area contributed by atoms with Gasteiger partial charge in [-0.05, 0) is 55.4 Å². The number of hydrogen-bond acceptors (Lipinski definition) is 5. The fourth-order valence-corrected chi connectivity index (χ4v) is 5.46. The summed E-state index contributed by atoms with van der Waals surface area (Å²) in [5.41, 5.74) is -1.98. The predicted octanol–water partition coefficient (Wildman–Crippen LogP) is 5.08. The topological polar surface area (TPSA) is 64.1 Å². The van der Waals surface area contributed by atoms with Crippen molar-refractivity contribution in [3.05, 3.63) is 47.8 Å². The maximum Gasteiger partial charge on any atom is 0.433 e. The smallest absolute Gasteiger partial charge is 0.433 e. The standard InChI is InChI=1S/C21H18F5N3O2/c22-20(23)12-4-5-14-15(9-12)19(14,20)10-31-17(30)11-2-1-3-13(8-11)28-18-27-7-6-16(29-18)21(24,25)26/h1-3,6-8,12,14-15H,4-5,9-10H2,(H,27,28,29). The minimum absolute atomic E-state index is 0.0832. The number of rotatable bonds is 5. The van der Waals surface area contributed by atoms with E-state index in [2.05, 4.69) is 15.3 Å². The van der Waals surface area contributed by atoms with Gasteiger partial charge in [-0.1, -0.05) is 6.07 Å². The lowest BCUT2D eigenvalue weighted by Gasteiger charge is -2.35. The predicted molar refractivity (Wildman–Crippen MR) is 98.7 cm³/mol. The summed E-state index contributed by atoms with van der Waals surface area (Å²) in [7, 11) is 0. The van der Waals surface area contributed by atoms with Crippen LogP contribution >= 0.6 is 0 Å². The van der Waals surface area contributed by atoms with Crippen molar-refractivity contribution in [2.75, 3.05) is 11.9 Å². The Kier molecular flexibility index (Phi) is 4.29. The van der Waals surface area contributed by atoms with Crippen LogP contribution in [0.1, 0.15) is 35.3 Å². The maximum absolute atomic E-state index is 14.7. The molecule has 0 radical (unpaired) electrons. The minimum Gasteiger partial charge on any atom is -0.461 e. The van der Waals surface area contributed by atoms with Crippen LogP contribution in [0.3, 0.4) is 0 Å². The van der Waals surface area contributed by atoms with Crippen LogP contribution in [0, 0.1) is 23.2 Å². The molecule has 4 saturated carbocycles. The summed E-state index contributed by atoms with van der Waals surface area (Å²) >= 11 is 0. The summed E-state index contributed by atoms with van der Waals surface area (Å²) in [6.07, 6.45) is -1.89. The van der Waals surface area contributed by atoms with Crippen molar-refractivity contribution in [3.63, 3.8) is 0 Å². The van der Waals surface area contributed by atoms with Gasteiger partial charge in [0.15, 0.2) is 0 Å². The Morgan fingerprint density at radius 1 is 1.19 bits per heavy atom. The van der Waals surface area contributed by atoms with Crippen LogP contribution in [-0.2, 0) is 10.9 Å². The molecule has 10 heteroatoms. The lowest BCUT2D eigenvalue weighted by molar-refractivity contribution is -0.142. The van der Waals surface area contributed by atoms with E-state index in [1.165, 1.54) is 24.3 Å². The van der Waals surface area contributed by atoms with Gasteiger partial charge < -0.3 is 10.1 Å². The molecule has 1 aromatic carbocycles. The second-order valence-corrected chi connectivity index (χ2v) is 8.43. The van der Waals surface area contributed by atoms with Gasteiger partial charge in [0.1, 0.15) is 12.3 Å². The molecule has 4 unspecified atom stereocenters. The summed E-state index contributed by atoms with van der Waals surface area (Å²) in [6, 6.07) is 6.56. The molecule has 0 saturated heterocycles. The van der Waals surface area contributed by atoms with E-state index in [9.17, 15) is 26.7 Å². The Morgan fingerprint density at radius 2 is 2.00 bits per heavy atom. The van der Waals surface area contributed by atoms with Crippen molar-refractivity contribution >= 4 is 17.6 Å². The van der Waals surface area contributed by atoms with Gasteiger partial charge in [-0.3, -0.25) is 0 Å². The highest BCUT2D eigenvalue weighted by Crippen LogP contribution is 2.81. The number of esters is 1. The quantitative estimate of drug-likeness (QED) is 0.520. The van der Waals surface area contributed by atoms with Gasteiger partial charge in [0.05, 0.1) is 11.0 Å². The number of fused-ring (bicyclic) bond motifs is 1. The Labute approximate surface area is 174 Å². The third kappa shape index (κ3) is 3.06. The molecule has 1 aromatic heterocycles. The SMILES string of the molecule is O=C(OCC12C3CCC(CC31)C2(F)F)c1cccc(Nc2nccc(C(F)(F)F)n2)c1. The molecule has 4 atom stereocenters. The Balaban J connectivity index is 1.27.